The zero-order valence-electron chi connectivity index (χ0n) is 14.9. The molecule has 0 bridgehead atoms. The van der Waals surface area contributed by atoms with Crippen molar-refractivity contribution in [1.29, 1.82) is 0 Å². The maximum Gasteiger partial charge on any atom is 0.191 e. The molecule has 1 aliphatic rings. The number of benzene rings is 1. The Morgan fingerprint density at radius 2 is 2.00 bits per heavy atom. The van der Waals surface area contributed by atoms with Crippen LogP contribution in [0.2, 0.25) is 0 Å². The molecule has 2 rings (SSSR count). The predicted molar refractivity (Wildman–Crippen MR) is 111 cm³/mol. The van der Waals surface area contributed by atoms with E-state index in [0.29, 0.717) is 5.41 Å². The SMILES string of the molecule is CCC1(CNC(=NC)NCc2cccc(N(C)C)c2)CCC1.I. The van der Waals surface area contributed by atoms with E-state index >= 15 is 0 Å². The van der Waals surface area contributed by atoms with Crippen LogP contribution in [-0.4, -0.2) is 33.6 Å². The molecule has 1 fully saturated rings. The van der Waals surface area contributed by atoms with E-state index in [1.165, 1.54) is 36.9 Å². The third kappa shape index (κ3) is 5.55. The second-order valence-corrected chi connectivity index (χ2v) is 6.55. The van der Waals surface area contributed by atoms with E-state index in [4.69, 9.17) is 0 Å². The summed E-state index contributed by atoms with van der Waals surface area (Å²) < 4.78 is 0. The van der Waals surface area contributed by atoms with Crippen molar-refractivity contribution in [3.05, 3.63) is 29.8 Å². The van der Waals surface area contributed by atoms with Gasteiger partial charge in [0.15, 0.2) is 5.96 Å². The lowest BCUT2D eigenvalue weighted by Gasteiger charge is -2.41. The number of anilines is 1. The number of rotatable bonds is 6. The number of aliphatic imine (C=N–C) groups is 1. The standard InChI is InChI=1S/C18H30N4.HI/c1-5-18(10-7-11-18)14-21-17(19-2)20-13-15-8-6-9-16(12-15)22(3)4;/h6,8-9,12H,5,7,10-11,13-14H2,1-4H3,(H2,19,20,21);1H. The molecule has 0 heterocycles. The van der Waals surface area contributed by atoms with Gasteiger partial charge in [0.05, 0.1) is 0 Å². The molecule has 5 heteroatoms. The minimum atomic E-state index is 0. The lowest BCUT2D eigenvalue weighted by molar-refractivity contribution is 0.131. The number of hydrogen-bond donors (Lipinski definition) is 2. The van der Waals surface area contributed by atoms with Gasteiger partial charge in [-0.1, -0.05) is 25.5 Å². The molecule has 0 amide bonds. The highest BCUT2D eigenvalue weighted by Gasteiger charge is 2.34. The topological polar surface area (TPSA) is 39.7 Å². The van der Waals surface area contributed by atoms with Crippen molar-refractivity contribution in [2.24, 2.45) is 10.4 Å². The van der Waals surface area contributed by atoms with E-state index in [1.54, 1.807) is 0 Å². The van der Waals surface area contributed by atoms with Gasteiger partial charge in [-0.3, -0.25) is 4.99 Å². The molecule has 1 aromatic rings. The maximum atomic E-state index is 4.34. The van der Waals surface area contributed by atoms with Gasteiger partial charge in [-0.05, 0) is 42.4 Å². The third-order valence-electron chi connectivity index (χ3n) is 4.91. The van der Waals surface area contributed by atoms with E-state index in [-0.39, 0.29) is 24.0 Å². The van der Waals surface area contributed by atoms with E-state index < -0.39 is 0 Å². The van der Waals surface area contributed by atoms with Gasteiger partial charge in [-0.25, -0.2) is 0 Å². The van der Waals surface area contributed by atoms with Crippen LogP contribution in [0.25, 0.3) is 0 Å². The van der Waals surface area contributed by atoms with Crippen LogP contribution in [0.1, 0.15) is 38.2 Å². The number of hydrogen-bond acceptors (Lipinski definition) is 2. The summed E-state index contributed by atoms with van der Waals surface area (Å²) in [7, 11) is 5.97. The molecule has 130 valence electrons. The van der Waals surface area contributed by atoms with Gasteiger partial charge in [-0.2, -0.15) is 0 Å². The zero-order chi connectivity index (χ0) is 16.0. The Bertz CT molecular complexity index is 504. The average molecular weight is 430 g/mol. The summed E-state index contributed by atoms with van der Waals surface area (Å²) in [6.07, 6.45) is 5.32. The van der Waals surface area contributed by atoms with Crippen molar-refractivity contribution in [3.63, 3.8) is 0 Å². The summed E-state index contributed by atoms with van der Waals surface area (Å²) in [6, 6.07) is 8.58. The van der Waals surface area contributed by atoms with Crippen LogP contribution in [0.3, 0.4) is 0 Å². The third-order valence-corrected chi connectivity index (χ3v) is 4.91. The normalized spacial score (nSPS) is 16.1. The summed E-state index contributed by atoms with van der Waals surface area (Å²) in [6.45, 7) is 4.12. The fourth-order valence-corrected chi connectivity index (χ4v) is 2.95. The lowest BCUT2D eigenvalue weighted by Crippen LogP contribution is -2.46. The summed E-state index contributed by atoms with van der Waals surface area (Å²) in [5.74, 6) is 0.898. The second kappa shape index (κ2) is 9.35. The first kappa shape index (κ1) is 20.1. The van der Waals surface area contributed by atoms with Crippen LogP contribution < -0.4 is 15.5 Å². The highest BCUT2D eigenvalue weighted by molar-refractivity contribution is 14.0. The van der Waals surface area contributed by atoms with Crippen molar-refractivity contribution in [2.75, 3.05) is 32.6 Å². The molecule has 1 aromatic carbocycles. The molecule has 4 nitrogen and oxygen atoms in total. The van der Waals surface area contributed by atoms with Crippen LogP contribution in [0.4, 0.5) is 5.69 Å². The Kier molecular flexibility index (Phi) is 8.16. The van der Waals surface area contributed by atoms with Crippen LogP contribution in [0.5, 0.6) is 0 Å². The highest BCUT2D eigenvalue weighted by Crippen LogP contribution is 2.42. The van der Waals surface area contributed by atoms with Gasteiger partial charge in [0.2, 0.25) is 0 Å². The minimum absolute atomic E-state index is 0. The summed E-state index contributed by atoms with van der Waals surface area (Å²) in [5, 5.41) is 6.92. The Balaban J connectivity index is 0.00000264. The lowest BCUT2D eigenvalue weighted by atomic mass is 9.67. The first-order valence-electron chi connectivity index (χ1n) is 8.29. The number of halogens is 1. The zero-order valence-corrected chi connectivity index (χ0v) is 17.2. The summed E-state index contributed by atoms with van der Waals surface area (Å²) in [4.78, 5) is 6.46. The van der Waals surface area contributed by atoms with Gasteiger partial charge in [0.1, 0.15) is 0 Å². The van der Waals surface area contributed by atoms with Gasteiger partial charge < -0.3 is 15.5 Å². The quantitative estimate of drug-likeness (QED) is 0.412. The first-order chi connectivity index (χ1) is 10.6. The van der Waals surface area contributed by atoms with Crippen molar-refractivity contribution in [2.45, 2.75) is 39.2 Å². The number of nitrogens with one attached hydrogen (secondary N) is 2. The first-order valence-corrected chi connectivity index (χ1v) is 8.29. The number of nitrogens with zero attached hydrogens (tertiary/aromatic N) is 2. The fraction of sp³-hybridized carbons (Fsp3) is 0.611. The van der Waals surface area contributed by atoms with Crippen LogP contribution in [-0.2, 0) is 6.54 Å². The van der Waals surface area contributed by atoms with E-state index in [2.05, 4.69) is 65.8 Å². The Morgan fingerprint density at radius 3 is 2.52 bits per heavy atom. The van der Waals surface area contributed by atoms with Crippen molar-refractivity contribution < 1.29 is 0 Å². The molecule has 0 spiro atoms. The molecule has 0 radical (unpaired) electrons. The Morgan fingerprint density at radius 1 is 1.26 bits per heavy atom. The van der Waals surface area contributed by atoms with Crippen molar-refractivity contribution >= 4 is 35.6 Å². The molecule has 0 unspecified atom stereocenters. The van der Waals surface area contributed by atoms with Crippen molar-refractivity contribution in [1.82, 2.24) is 10.6 Å². The van der Waals surface area contributed by atoms with Gasteiger partial charge in [-0.15, -0.1) is 24.0 Å². The molecule has 0 saturated heterocycles. The van der Waals surface area contributed by atoms with Gasteiger partial charge in [0, 0.05) is 39.9 Å². The molecule has 2 N–H and O–H groups in total. The summed E-state index contributed by atoms with van der Waals surface area (Å²) >= 11 is 0. The van der Waals surface area contributed by atoms with Gasteiger partial charge >= 0.3 is 0 Å². The molecule has 0 aromatic heterocycles. The fourth-order valence-electron chi connectivity index (χ4n) is 2.95. The van der Waals surface area contributed by atoms with Crippen molar-refractivity contribution in [3.8, 4) is 0 Å². The predicted octanol–water partition coefficient (Wildman–Crippen LogP) is 3.62. The average Bonchev–Trinajstić information content (AvgIpc) is 2.49. The maximum absolute atomic E-state index is 4.34. The highest BCUT2D eigenvalue weighted by atomic mass is 127. The largest absolute Gasteiger partial charge is 0.378 e. The van der Waals surface area contributed by atoms with Gasteiger partial charge in [0.25, 0.3) is 0 Å². The second-order valence-electron chi connectivity index (χ2n) is 6.55. The number of guanidine groups is 1. The van der Waals surface area contributed by atoms with E-state index in [9.17, 15) is 0 Å². The molecule has 0 atom stereocenters. The van der Waals surface area contributed by atoms with Crippen LogP contribution in [0.15, 0.2) is 29.3 Å². The molecule has 1 saturated carbocycles. The molecular weight excluding hydrogens is 399 g/mol. The Hall–Kier alpha value is -0.980. The minimum Gasteiger partial charge on any atom is -0.378 e. The van der Waals surface area contributed by atoms with E-state index in [1.807, 2.05) is 7.05 Å². The van der Waals surface area contributed by atoms with Crippen LogP contribution >= 0.6 is 24.0 Å². The summed E-state index contributed by atoms with van der Waals surface area (Å²) in [5.41, 5.74) is 2.99. The molecule has 23 heavy (non-hydrogen) atoms. The molecule has 0 aliphatic heterocycles. The Labute approximate surface area is 158 Å². The molecule has 1 aliphatic carbocycles. The monoisotopic (exact) mass is 430 g/mol. The van der Waals surface area contributed by atoms with Crippen LogP contribution in [0, 0.1) is 5.41 Å². The van der Waals surface area contributed by atoms with E-state index in [0.717, 1.165) is 19.0 Å². The molecular formula is C18H31IN4. The smallest absolute Gasteiger partial charge is 0.191 e.